The number of nitro groups is 2. The first-order chi connectivity index (χ1) is 43.8. The summed E-state index contributed by atoms with van der Waals surface area (Å²) in [6, 6.07) is 32.1. The number of para-hydroxylation sites is 2. The molecule has 1 amide bonds. The standard InChI is InChI=1S/C16H15FINO4S.C15H15FIN3O4S.C14H17FINO2.C9H9FIN3.C9H10FIO/c1-11(12-8-13(17)10-14(18)9-12)6-7-24(22,23)16-5-3-2-4-15(16)19(20)21;1-19(9-13(18)10-6-11(16)8-12(17)7-10)25(23,24)15-5-3-2-4-14(15)20(21)22;1-5-12(17-13(18)19-14(2,3)4)9-6-10(15)8-11(16)7-9;1-6(5-13-14-12)7-2-8(10)4-9(11)3-7;1-6(5-12)7-2-8(10)4-9(11)3-7/h2-5,8-11H,6-7H2,1H3;2-8,13H,9,18H2,1H3;5-8,12H,1H2,2-4H3,(H,17,18);2-4,6H,5H2,1H3;2-4,6,12H,5H2,1H3/t11-;13-;12-;2*6-/m11111/s1. The minimum absolute atomic E-state index is 0.00853. The van der Waals surface area contributed by atoms with E-state index in [2.05, 4.69) is 67.1 Å². The van der Waals surface area contributed by atoms with E-state index in [9.17, 15) is 63.8 Å². The van der Waals surface area contributed by atoms with Gasteiger partial charge < -0.3 is 20.9 Å². The van der Waals surface area contributed by atoms with Gasteiger partial charge in [0.1, 0.15) is 39.6 Å². The second kappa shape index (κ2) is 39.2. The van der Waals surface area contributed by atoms with Crippen molar-refractivity contribution in [3.8, 4) is 0 Å². The molecule has 31 heteroatoms. The summed E-state index contributed by atoms with van der Waals surface area (Å²) in [4.78, 5) is 34.3. The number of sulfone groups is 1. The number of sulfonamides is 1. The summed E-state index contributed by atoms with van der Waals surface area (Å²) in [6.07, 6.45) is 1.22. The highest BCUT2D eigenvalue weighted by Crippen LogP contribution is 2.31. The molecular formula is C63H66F5I5N8O11S2. The van der Waals surface area contributed by atoms with Crippen molar-refractivity contribution in [1.82, 2.24) is 9.62 Å². The van der Waals surface area contributed by atoms with E-state index in [0.29, 0.717) is 26.8 Å². The summed E-state index contributed by atoms with van der Waals surface area (Å²) < 4.78 is 126. The fraction of sp³-hybridized carbons (Fsp3) is 0.286. The highest BCUT2D eigenvalue weighted by Gasteiger charge is 2.31. The first-order valence-electron chi connectivity index (χ1n) is 27.8. The summed E-state index contributed by atoms with van der Waals surface area (Å²) in [6.45, 7) is 14.8. The molecule has 0 aliphatic rings. The second-order valence-corrected chi connectivity index (χ2v) is 31.9. The molecule has 7 aromatic rings. The van der Waals surface area contributed by atoms with Crippen LogP contribution in [0.5, 0.6) is 0 Å². The number of nitrogens with zero attached hydrogens (tertiary/aromatic N) is 6. The maximum atomic E-state index is 13.5. The number of azide groups is 1. The lowest BCUT2D eigenvalue weighted by Gasteiger charge is -2.22. The molecule has 0 aliphatic heterocycles. The number of carbonyl (C=O) groups excluding carboxylic acids is 1. The number of carbonyl (C=O) groups is 1. The Labute approximate surface area is 610 Å². The van der Waals surface area contributed by atoms with E-state index in [0.717, 1.165) is 35.8 Å². The van der Waals surface area contributed by atoms with E-state index in [1.807, 2.05) is 93.8 Å². The average Bonchev–Trinajstić information content (AvgIpc) is 0.826. The van der Waals surface area contributed by atoms with Crippen LogP contribution in [0.25, 0.3) is 10.4 Å². The number of hydrogen-bond acceptors (Lipinski definition) is 13. The minimum Gasteiger partial charge on any atom is -0.444 e. The molecule has 0 fully saturated rings. The van der Waals surface area contributed by atoms with Gasteiger partial charge in [0, 0.05) is 73.6 Å². The van der Waals surface area contributed by atoms with Crippen LogP contribution in [0.3, 0.4) is 0 Å². The molecule has 0 unspecified atom stereocenters. The minimum atomic E-state index is -4.12. The van der Waals surface area contributed by atoms with Crippen LogP contribution < -0.4 is 11.1 Å². The van der Waals surface area contributed by atoms with Crippen molar-refractivity contribution < 1.29 is 63.3 Å². The summed E-state index contributed by atoms with van der Waals surface area (Å²) >= 11 is 10.1. The Bertz CT molecular complexity index is 3960. The number of hydrogen-bond donors (Lipinski definition) is 3. The van der Waals surface area contributed by atoms with Crippen molar-refractivity contribution in [2.45, 2.75) is 93.2 Å². The van der Waals surface area contributed by atoms with Gasteiger partial charge in [0.2, 0.25) is 10.0 Å². The lowest BCUT2D eigenvalue weighted by Crippen LogP contribution is -2.34. The van der Waals surface area contributed by atoms with Gasteiger partial charge in [-0.15, -0.1) is 6.58 Å². The quantitative estimate of drug-likeness (QED) is 0.00938. The van der Waals surface area contributed by atoms with Crippen molar-refractivity contribution >= 4 is 150 Å². The topological polar surface area (TPSA) is 291 Å². The van der Waals surface area contributed by atoms with E-state index in [1.165, 1.54) is 116 Å². The van der Waals surface area contributed by atoms with Gasteiger partial charge in [0.25, 0.3) is 11.4 Å². The summed E-state index contributed by atoms with van der Waals surface area (Å²) in [7, 11) is -6.64. The first-order valence-corrected chi connectivity index (χ1v) is 36.2. The SMILES string of the molecule is C=C[C@@H](NC(=O)OC(C)(C)C)c1cc(F)cc(I)c1.CN(C[C@@H](N)c1cc(F)cc(I)c1)S(=O)(=O)c1ccccc1[N+](=O)[O-].C[C@H](CCS(=O)(=O)c1ccccc1[N+](=O)[O-])c1cc(F)cc(I)c1.C[C@H](CN=[N+]=[N-])c1cc(F)cc(I)c1.C[C@H](CO)c1cc(F)cc(I)c1. The number of amides is 1. The van der Waals surface area contributed by atoms with Gasteiger partial charge >= 0.3 is 6.09 Å². The number of nitrogens with two attached hydrogens (primary N) is 1. The average molecular weight is 1900 g/mol. The Morgan fingerprint density at radius 2 is 1.04 bits per heavy atom. The smallest absolute Gasteiger partial charge is 0.408 e. The predicted molar refractivity (Wildman–Crippen MR) is 394 cm³/mol. The molecule has 0 spiro atoms. The maximum Gasteiger partial charge on any atom is 0.408 e. The number of aliphatic hydroxyl groups is 1. The van der Waals surface area contributed by atoms with E-state index in [4.69, 9.17) is 21.1 Å². The number of benzene rings is 7. The molecule has 94 heavy (non-hydrogen) atoms. The highest BCUT2D eigenvalue weighted by atomic mass is 127. The van der Waals surface area contributed by atoms with Crippen LogP contribution in [0.2, 0.25) is 0 Å². The van der Waals surface area contributed by atoms with Crippen LogP contribution in [0.1, 0.15) is 106 Å². The van der Waals surface area contributed by atoms with Crippen molar-refractivity contribution in [3.63, 3.8) is 0 Å². The summed E-state index contributed by atoms with van der Waals surface area (Å²) in [5.74, 6) is -2.05. The molecule has 0 aromatic heterocycles. The Morgan fingerprint density at radius 3 is 1.45 bits per heavy atom. The van der Waals surface area contributed by atoms with Gasteiger partial charge in [-0.25, -0.2) is 43.6 Å². The number of nitrogens with one attached hydrogen (secondary N) is 1. The van der Waals surface area contributed by atoms with Crippen molar-refractivity contribution in [1.29, 1.82) is 0 Å². The number of halogens is 10. The van der Waals surface area contributed by atoms with Crippen LogP contribution in [-0.2, 0) is 24.6 Å². The van der Waals surface area contributed by atoms with Crippen molar-refractivity contribution in [3.05, 3.63) is 258 Å². The number of rotatable bonds is 20. The molecule has 0 bridgehead atoms. The number of aliphatic hydroxyl groups excluding tert-OH is 1. The fourth-order valence-electron chi connectivity index (χ4n) is 8.16. The van der Waals surface area contributed by atoms with Crippen LogP contribution in [0.15, 0.2) is 167 Å². The number of nitro benzene ring substituents is 2. The number of likely N-dealkylation sites (N-methyl/N-ethyl adjacent to an activating group) is 1. The Balaban J connectivity index is 0.000000314. The lowest BCUT2D eigenvalue weighted by molar-refractivity contribution is -0.388. The monoisotopic (exact) mass is 1900 g/mol. The maximum absolute atomic E-state index is 13.5. The summed E-state index contributed by atoms with van der Waals surface area (Å²) in [5.41, 5.74) is 16.1. The molecule has 7 aromatic carbocycles. The molecule has 5 atom stereocenters. The second-order valence-electron chi connectivity index (χ2n) is 21.6. The van der Waals surface area contributed by atoms with Gasteiger partial charge in [0.15, 0.2) is 14.7 Å². The van der Waals surface area contributed by atoms with Crippen LogP contribution >= 0.6 is 113 Å². The molecule has 506 valence electrons. The zero-order chi connectivity index (χ0) is 71.0. The van der Waals surface area contributed by atoms with Crippen LogP contribution in [0, 0.1) is 67.2 Å². The van der Waals surface area contributed by atoms with Crippen molar-refractivity contribution in [2.24, 2.45) is 10.8 Å². The molecule has 4 N–H and O–H groups in total. The lowest BCUT2D eigenvalue weighted by atomic mass is 9.99. The third-order valence-corrected chi connectivity index (χ3v) is 19.7. The Kier molecular flexibility index (Phi) is 34.6. The molecule has 0 heterocycles. The van der Waals surface area contributed by atoms with E-state index < -0.39 is 75.6 Å². The first kappa shape index (κ1) is 83.0. The van der Waals surface area contributed by atoms with Crippen LogP contribution in [0.4, 0.5) is 38.1 Å². The molecule has 0 saturated carbocycles. The third kappa shape index (κ3) is 28.4. The van der Waals surface area contributed by atoms with Gasteiger partial charge in [-0.1, -0.05) is 56.2 Å². The predicted octanol–water partition coefficient (Wildman–Crippen LogP) is 17.5. The van der Waals surface area contributed by atoms with Gasteiger partial charge in [-0.05, 0) is 288 Å². The van der Waals surface area contributed by atoms with E-state index in [1.54, 1.807) is 45.9 Å². The van der Waals surface area contributed by atoms with Crippen LogP contribution in [-0.4, -0.2) is 80.3 Å². The zero-order valence-corrected chi connectivity index (χ0v) is 63.8. The van der Waals surface area contributed by atoms with Gasteiger partial charge in [-0.2, -0.15) is 4.31 Å². The molecule has 0 aliphatic carbocycles. The zero-order valence-electron chi connectivity index (χ0n) is 51.4. The molecular weight excluding hydrogens is 1840 g/mol. The van der Waals surface area contributed by atoms with Gasteiger partial charge in [-0.3, -0.25) is 20.2 Å². The number of ether oxygens (including phenoxy) is 1. The normalized spacial score (nSPS) is 12.7. The molecule has 0 radical (unpaired) electrons. The molecule has 7 rings (SSSR count). The highest BCUT2D eigenvalue weighted by molar-refractivity contribution is 14.1. The number of alkyl carbamates (subject to hydrolysis) is 1. The van der Waals surface area contributed by atoms with Gasteiger partial charge in [0.05, 0.1) is 21.6 Å². The largest absolute Gasteiger partial charge is 0.444 e. The summed E-state index contributed by atoms with van der Waals surface area (Å²) in [5, 5.41) is 37.0. The molecule has 19 nitrogen and oxygen atoms in total. The van der Waals surface area contributed by atoms with E-state index in [-0.39, 0.29) is 71.2 Å². The van der Waals surface area contributed by atoms with E-state index >= 15 is 0 Å². The third-order valence-electron chi connectivity index (χ3n) is 12.9. The molecule has 0 saturated heterocycles. The fourth-order valence-corrected chi connectivity index (χ4v) is 14.4. The Hall–Kier alpha value is -5.26. The Morgan fingerprint density at radius 1 is 0.670 bits per heavy atom. The van der Waals surface area contributed by atoms with Crippen molar-refractivity contribution in [2.75, 3.05) is 32.5 Å².